The van der Waals surface area contributed by atoms with Crippen molar-refractivity contribution in [3.05, 3.63) is 34.9 Å². The molecule has 2 aliphatic carbocycles. The van der Waals surface area contributed by atoms with Crippen LogP contribution < -0.4 is 16.4 Å². The molecule has 2 saturated carbocycles. The lowest BCUT2D eigenvalue weighted by atomic mass is 9.80. The minimum absolute atomic E-state index is 0.123. The molecule has 1 aromatic carbocycles. The summed E-state index contributed by atoms with van der Waals surface area (Å²) in [7, 11) is 0. The molecule has 4 aliphatic rings. The molecule has 2 bridgehead atoms. The second kappa shape index (κ2) is 6.92. The lowest BCUT2D eigenvalue weighted by molar-refractivity contribution is -0.136. The minimum Gasteiger partial charge on any atom is -0.327 e. The van der Waals surface area contributed by atoms with E-state index in [4.69, 9.17) is 5.73 Å². The highest BCUT2D eigenvalue weighted by Crippen LogP contribution is 2.52. The summed E-state index contributed by atoms with van der Waals surface area (Å²) in [5.41, 5.74) is 9.41. The van der Waals surface area contributed by atoms with E-state index < -0.39 is 6.04 Å². The van der Waals surface area contributed by atoms with Crippen molar-refractivity contribution in [1.82, 2.24) is 15.5 Å². The Labute approximate surface area is 170 Å². The van der Waals surface area contributed by atoms with Crippen LogP contribution >= 0.6 is 0 Å². The molecule has 2 aliphatic heterocycles. The van der Waals surface area contributed by atoms with Crippen molar-refractivity contribution >= 4 is 17.7 Å². The average Bonchev–Trinajstić information content (AvgIpc) is 3.33. The lowest BCUT2D eigenvalue weighted by Crippen LogP contribution is -2.52. The van der Waals surface area contributed by atoms with Gasteiger partial charge in [0.15, 0.2) is 0 Å². The number of hydrogen-bond donors (Lipinski definition) is 3. The molecule has 1 aromatic rings. The highest BCUT2D eigenvalue weighted by Gasteiger charge is 2.49. The van der Waals surface area contributed by atoms with Gasteiger partial charge in [-0.05, 0) is 60.6 Å². The molecule has 5 rings (SSSR count). The molecule has 29 heavy (non-hydrogen) atoms. The summed E-state index contributed by atoms with van der Waals surface area (Å²) < 4.78 is 0. The molecule has 0 aromatic heterocycles. The Morgan fingerprint density at radius 1 is 1.24 bits per heavy atom. The molecule has 2 heterocycles. The molecule has 0 radical (unpaired) electrons. The Morgan fingerprint density at radius 2 is 2.10 bits per heavy atom. The first-order valence-corrected chi connectivity index (χ1v) is 10.7. The topological polar surface area (TPSA) is 105 Å². The van der Waals surface area contributed by atoms with E-state index in [0.717, 1.165) is 30.1 Å². The Hall–Kier alpha value is -2.25. The number of nitrogens with zero attached hydrogens (tertiary/aromatic N) is 1. The third-order valence-corrected chi connectivity index (χ3v) is 7.51. The Balaban J connectivity index is 1.23. The fourth-order valence-corrected chi connectivity index (χ4v) is 5.90. The summed E-state index contributed by atoms with van der Waals surface area (Å²) in [6.45, 7) is 2.12. The molecule has 7 nitrogen and oxygen atoms in total. The van der Waals surface area contributed by atoms with E-state index in [0.29, 0.717) is 24.6 Å². The normalized spacial score (nSPS) is 33.3. The molecule has 1 saturated heterocycles. The predicted octanol–water partition coefficient (Wildman–Crippen LogP) is 1.05. The molecule has 0 spiro atoms. The number of hydrogen-bond acceptors (Lipinski definition) is 5. The van der Waals surface area contributed by atoms with Crippen LogP contribution in [0.3, 0.4) is 0 Å². The SMILES string of the molecule is NC1CC2CCC1(CNCc1ccc3c(c1)CN(C1CCC(=O)NC1=O)C3=O)C2. The van der Waals surface area contributed by atoms with Gasteiger partial charge in [0.05, 0.1) is 0 Å². The summed E-state index contributed by atoms with van der Waals surface area (Å²) >= 11 is 0. The number of benzene rings is 1. The van der Waals surface area contributed by atoms with Gasteiger partial charge in [-0.25, -0.2) is 0 Å². The highest BCUT2D eigenvalue weighted by atomic mass is 16.2. The fourth-order valence-electron chi connectivity index (χ4n) is 5.90. The molecule has 3 fully saturated rings. The van der Waals surface area contributed by atoms with Crippen molar-refractivity contribution in [2.24, 2.45) is 17.1 Å². The third kappa shape index (κ3) is 3.16. The van der Waals surface area contributed by atoms with E-state index in [1.807, 2.05) is 12.1 Å². The summed E-state index contributed by atoms with van der Waals surface area (Å²) in [5, 5.41) is 5.94. The van der Waals surface area contributed by atoms with Crippen molar-refractivity contribution in [1.29, 1.82) is 0 Å². The molecular formula is C22H28N4O3. The number of imide groups is 1. The van der Waals surface area contributed by atoms with Gasteiger partial charge in [0.1, 0.15) is 6.04 Å². The zero-order valence-corrected chi connectivity index (χ0v) is 16.6. The second-order valence-electron chi connectivity index (χ2n) is 9.31. The third-order valence-electron chi connectivity index (χ3n) is 7.51. The smallest absolute Gasteiger partial charge is 0.255 e. The summed E-state index contributed by atoms with van der Waals surface area (Å²) in [4.78, 5) is 37.9. The second-order valence-corrected chi connectivity index (χ2v) is 9.31. The minimum atomic E-state index is -0.563. The first-order valence-electron chi connectivity index (χ1n) is 10.7. The van der Waals surface area contributed by atoms with Crippen LogP contribution in [0.4, 0.5) is 0 Å². The maximum absolute atomic E-state index is 12.8. The number of carbonyl (C=O) groups is 3. The van der Waals surface area contributed by atoms with Gasteiger partial charge < -0.3 is 16.0 Å². The van der Waals surface area contributed by atoms with Crippen molar-refractivity contribution in [2.75, 3.05) is 6.54 Å². The van der Waals surface area contributed by atoms with Crippen LogP contribution in [0.2, 0.25) is 0 Å². The molecule has 4 unspecified atom stereocenters. The molecule has 154 valence electrons. The van der Waals surface area contributed by atoms with Gasteiger partial charge in [0.25, 0.3) is 5.91 Å². The largest absolute Gasteiger partial charge is 0.327 e. The van der Waals surface area contributed by atoms with Crippen molar-refractivity contribution in [3.63, 3.8) is 0 Å². The number of rotatable bonds is 5. The fraction of sp³-hybridized carbons (Fsp3) is 0.591. The Bertz CT molecular complexity index is 885. The Morgan fingerprint density at radius 3 is 2.83 bits per heavy atom. The van der Waals surface area contributed by atoms with Crippen molar-refractivity contribution in [3.8, 4) is 0 Å². The van der Waals surface area contributed by atoms with Crippen LogP contribution in [-0.2, 0) is 22.7 Å². The van der Waals surface area contributed by atoms with Crippen LogP contribution in [0, 0.1) is 11.3 Å². The van der Waals surface area contributed by atoms with Crippen LogP contribution in [0.15, 0.2) is 18.2 Å². The van der Waals surface area contributed by atoms with Gasteiger partial charge in [0.2, 0.25) is 11.8 Å². The first-order chi connectivity index (χ1) is 13.9. The van der Waals surface area contributed by atoms with E-state index in [2.05, 4.69) is 16.7 Å². The van der Waals surface area contributed by atoms with E-state index >= 15 is 0 Å². The van der Waals surface area contributed by atoms with Crippen molar-refractivity contribution in [2.45, 2.75) is 63.7 Å². The number of nitrogens with one attached hydrogen (secondary N) is 2. The zero-order chi connectivity index (χ0) is 20.2. The summed E-state index contributed by atoms with van der Waals surface area (Å²) in [6, 6.07) is 5.67. The maximum Gasteiger partial charge on any atom is 0.255 e. The lowest BCUT2D eigenvalue weighted by Gasteiger charge is -2.33. The van der Waals surface area contributed by atoms with E-state index in [1.54, 1.807) is 4.90 Å². The highest BCUT2D eigenvalue weighted by molar-refractivity contribution is 6.05. The Kier molecular flexibility index (Phi) is 4.47. The van der Waals surface area contributed by atoms with Gasteiger partial charge >= 0.3 is 0 Å². The van der Waals surface area contributed by atoms with Gasteiger partial charge in [-0.3, -0.25) is 19.7 Å². The van der Waals surface area contributed by atoms with Gasteiger partial charge in [-0.15, -0.1) is 0 Å². The van der Waals surface area contributed by atoms with Crippen LogP contribution in [0.1, 0.15) is 60.0 Å². The summed E-state index contributed by atoms with van der Waals surface area (Å²) in [6.07, 6.45) is 5.62. The van der Waals surface area contributed by atoms with Crippen LogP contribution in [0.25, 0.3) is 0 Å². The summed E-state index contributed by atoms with van der Waals surface area (Å²) in [5.74, 6) is 0.0584. The van der Waals surface area contributed by atoms with Crippen LogP contribution in [-0.4, -0.2) is 41.2 Å². The molecule has 7 heteroatoms. The monoisotopic (exact) mass is 396 g/mol. The van der Waals surface area contributed by atoms with E-state index in [9.17, 15) is 14.4 Å². The zero-order valence-electron chi connectivity index (χ0n) is 16.6. The molecule has 4 atom stereocenters. The van der Waals surface area contributed by atoms with Gasteiger partial charge in [0, 0.05) is 37.7 Å². The van der Waals surface area contributed by atoms with Gasteiger partial charge in [-0.2, -0.15) is 0 Å². The number of carbonyl (C=O) groups excluding carboxylic acids is 3. The number of fused-ring (bicyclic) bond motifs is 3. The first kappa shape index (κ1) is 18.8. The number of amides is 3. The number of nitrogens with two attached hydrogens (primary N) is 1. The molecule has 3 amide bonds. The maximum atomic E-state index is 12.8. The van der Waals surface area contributed by atoms with Crippen LogP contribution in [0.5, 0.6) is 0 Å². The van der Waals surface area contributed by atoms with Crippen molar-refractivity contribution < 1.29 is 14.4 Å². The predicted molar refractivity (Wildman–Crippen MR) is 107 cm³/mol. The standard InChI is InChI=1S/C22H28N4O3/c23-18-8-13-5-6-22(18,9-13)12-24-10-14-1-2-16-15(7-14)11-26(21(16)29)17-3-4-19(27)25-20(17)28/h1-2,7,13,17-18,24H,3-6,8-12,23H2,(H,25,27,28). The van der Waals surface area contributed by atoms with Gasteiger partial charge in [-0.1, -0.05) is 12.1 Å². The van der Waals surface area contributed by atoms with E-state index in [1.165, 1.54) is 25.7 Å². The van der Waals surface area contributed by atoms with E-state index in [-0.39, 0.29) is 29.6 Å². The quantitative estimate of drug-likeness (QED) is 0.646. The number of piperidine rings is 1. The average molecular weight is 396 g/mol. The molecule has 4 N–H and O–H groups in total. The molecular weight excluding hydrogens is 368 g/mol.